The summed E-state index contributed by atoms with van der Waals surface area (Å²) in [6.07, 6.45) is 1.33. The van der Waals surface area contributed by atoms with Crippen molar-refractivity contribution in [1.82, 2.24) is 0 Å². The molecule has 0 saturated heterocycles. The maximum atomic E-state index is 11.0. The van der Waals surface area contributed by atoms with Crippen molar-refractivity contribution in [2.24, 2.45) is 5.92 Å². The van der Waals surface area contributed by atoms with E-state index in [1.165, 1.54) is 0 Å². The second-order valence-electron chi connectivity index (χ2n) is 3.10. The smallest absolute Gasteiger partial charge is 0.133 e. The van der Waals surface area contributed by atoms with Crippen LogP contribution in [0.4, 0.5) is 0 Å². The van der Waals surface area contributed by atoms with Gasteiger partial charge in [0, 0.05) is 19.6 Å². The van der Waals surface area contributed by atoms with Gasteiger partial charge >= 0.3 is 0 Å². The molecule has 0 bridgehead atoms. The van der Waals surface area contributed by atoms with Gasteiger partial charge in [-0.05, 0) is 26.7 Å². The molecule has 72 valence electrons. The second-order valence-corrected chi connectivity index (χ2v) is 3.10. The molecular weight excluding hydrogens is 156 g/mol. The lowest BCUT2D eigenvalue weighted by atomic mass is 9.95. The number of aliphatic hydroxyl groups is 1. The van der Waals surface area contributed by atoms with Crippen molar-refractivity contribution in [3.8, 4) is 0 Å². The lowest BCUT2D eigenvalue weighted by molar-refractivity contribution is -0.122. The highest BCUT2D eigenvalue weighted by atomic mass is 16.5. The van der Waals surface area contributed by atoms with Crippen molar-refractivity contribution < 1.29 is 14.6 Å². The van der Waals surface area contributed by atoms with Crippen LogP contribution in [0.5, 0.6) is 0 Å². The van der Waals surface area contributed by atoms with E-state index >= 15 is 0 Å². The Bertz CT molecular complexity index is 134. The molecule has 0 aromatic rings. The summed E-state index contributed by atoms with van der Waals surface area (Å²) in [7, 11) is 1.63. The third-order valence-electron chi connectivity index (χ3n) is 2.07. The van der Waals surface area contributed by atoms with Crippen LogP contribution in [0, 0.1) is 5.92 Å². The second kappa shape index (κ2) is 6.14. The number of Topliss-reactive ketones (excluding diaryl/α,β-unsaturated/α-hetero) is 1. The first kappa shape index (κ1) is 11.6. The van der Waals surface area contributed by atoms with Crippen molar-refractivity contribution in [2.45, 2.75) is 32.8 Å². The minimum atomic E-state index is -0.0510. The van der Waals surface area contributed by atoms with Crippen LogP contribution < -0.4 is 0 Å². The SMILES string of the molecule is COC(C)CC(CCO)C(C)=O. The standard InChI is InChI=1S/C9H18O3/c1-7(12-3)6-9(4-5-10)8(2)11/h7,9-10H,4-6H2,1-3H3. The van der Waals surface area contributed by atoms with Crippen LogP contribution in [0.2, 0.25) is 0 Å². The summed E-state index contributed by atoms with van der Waals surface area (Å²) in [6, 6.07) is 0. The highest BCUT2D eigenvalue weighted by Gasteiger charge is 2.16. The molecule has 0 aliphatic carbocycles. The molecule has 0 aromatic heterocycles. The predicted octanol–water partition coefficient (Wildman–Crippen LogP) is 0.999. The summed E-state index contributed by atoms with van der Waals surface area (Å²) < 4.78 is 5.04. The maximum absolute atomic E-state index is 11.0. The first-order chi connectivity index (χ1) is 5.61. The van der Waals surface area contributed by atoms with E-state index in [9.17, 15) is 4.79 Å². The van der Waals surface area contributed by atoms with E-state index in [0.29, 0.717) is 12.8 Å². The highest BCUT2D eigenvalue weighted by molar-refractivity contribution is 5.78. The molecule has 0 aliphatic rings. The quantitative estimate of drug-likeness (QED) is 0.653. The average molecular weight is 174 g/mol. The molecule has 0 heterocycles. The van der Waals surface area contributed by atoms with Crippen molar-refractivity contribution in [3.05, 3.63) is 0 Å². The van der Waals surface area contributed by atoms with Crippen LogP contribution >= 0.6 is 0 Å². The molecule has 3 heteroatoms. The van der Waals surface area contributed by atoms with Gasteiger partial charge in [-0.2, -0.15) is 0 Å². The van der Waals surface area contributed by atoms with E-state index in [1.807, 2.05) is 6.92 Å². The van der Waals surface area contributed by atoms with Crippen LogP contribution in [0.15, 0.2) is 0 Å². The first-order valence-corrected chi connectivity index (χ1v) is 4.26. The number of ether oxygens (including phenoxy) is 1. The zero-order chi connectivity index (χ0) is 9.56. The van der Waals surface area contributed by atoms with Crippen molar-refractivity contribution >= 4 is 5.78 Å². The van der Waals surface area contributed by atoms with Crippen molar-refractivity contribution in [1.29, 1.82) is 0 Å². The van der Waals surface area contributed by atoms with Crippen LogP contribution in [-0.2, 0) is 9.53 Å². The van der Waals surface area contributed by atoms with Crippen LogP contribution in [0.1, 0.15) is 26.7 Å². The zero-order valence-corrected chi connectivity index (χ0v) is 8.04. The first-order valence-electron chi connectivity index (χ1n) is 4.26. The van der Waals surface area contributed by atoms with Crippen molar-refractivity contribution in [2.75, 3.05) is 13.7 Å². The molecule has 0 aromatic carbocycles. The van der Waals surface area contributed by atoms with Crippen molar-refractivity contribution in [3.63, 3.8) is 0 Å². The fourth-order valence-electron chi connectivity index (χ4n) is 1.14. The van der Waals surface area contributed by atoms with E-state index in [1.54, 1.807) is 14.0 Å². The molecule has 0 radical (unpaired) electrons. The summed E-state index contributed by atoms with van der Waals surface area (Å²) in [5.41, 5.74) is 0. The lowest BCUT2D eigenvalue weighted by Crippen LogP contribution is -2.19. The van der Waals surface area contributed by atoms with Gasteiger partial charge in [0.1, 0.15) is 5.78 Å². The Morgan fingerprint density at radius 1 is 1.58 bits per heavy atom. The molecule has 1 N–H and O–H groups in total. The van der Waals surface area contributed by atoms with Crippen LogP contribution in [-0.4, -0.2) is 30.7 Å². The normalized spacial score (nSPS) is 15.7. The number of hydrogen-bond acceptors (Lipinski definition) is 3. The van der Waals surface area contributed by atoms with E-state index < -0.39 is 0 Å². The summed E-state index contributed by atoms with van der Waals surface area (Å²) in [5.74, 6) is 0.0814. The Hall–Kier alpha value is -0.410. The number of carbonyl (C=O) groups is 1. The molecule has 0 saturated carbocycles. The van der Waals surface area contributed by atoms with E-state index in [0.717, 1.165) is 0 Å². The summed E-state index contributed by atoms with van der Waals surface area (Å²) in [5, 5.41) is 8.68. The summed E-state index contributed by atoms with van der Waals surface area (Å²) >= 11 is 0. The molecule has 2 unspecified atom stereocenters. The Labute approximate surface area is 73.7 Å². The summed E-state index contributed by atoms with van der Waals surface area (Å²) in [6.45, 7) is 3.55. The van der Waals surface area contributed by atoms with Gasteiger partial charge in [0.15, 0.2) is 0 Å². The largest absolute Gasteiger partial charge is 0.396 e. The molecule has 0 fully saturated rings. The van der Waals surface area contributed by atoms with Crippen LogP contribution in [0.25, 0.3) is 0 Å². The topological polar surface area (TPSA) is 46.5 Å². The molecule has 12 heavy (non-hydrogen) atoms. The Kier molecular flexibility index (Phi) is 5.93. The third-order valence-corrected chi connectivity index (χ3v) is 2.07. The highest BCUT2D eigenvalue weighted by Crippen LogP contribution is 2.13. The zero-order valence-electron chi connectivity index (χ0n) is 8.04. The van der Waals surface area contributed by atoms with Gasteiger partial charge in [-0.1, -0.05) is 0 Å². The van der Waals surface area contributed by atoms with Gasteiger partial charge in [0.2, 0.25) is 0 Å². The number of aliphatic hydroxyl groups excluding tert-OH is 1. The maximum Gasteiger partial charge on any atom is 0.133 e. The van der Waals surface area contributed by atoms with Gasteiger partial charge in [-0.25, -0.2) is 0 Å². The number of hydrogen-bond donors (Lipinski definition) is 1. The molecule has 0 spiro atoms. The fraction of sp³-hybridized carbons (Fsp3) is 0.889. The van der Waals surface area contributed by atoms with E-state index in [-0.39, 0.29) is 24.4 Å². The fourth-order valence-corrected chi connectivity index (χ4v) is 1.14. The minimum absolute atomic E-state index is 0.0510. The average Bonchev–Trinajstić information content (AvgIpc) is 2.03. The van der Waals surface area contributed by atoms with Gasteiger partial charge in [-0.15, -0.1) is 0 Å². The van der Waals surface area contributed by atoms with Crippen LogP contribution in [0.3, 0.4) is 0 Å². The van der Waals surface area contributed by atoms with Gasteiger partial charge < -0.3 is 9.84 Å². The van der Waals surface area contributed by atoms with E-state index in [4.69, 9.17) is 9.84 Å². The predicted molar refractivity (Wildman–Crippen MR) is 47.0 cm³/mol. The number of ketones is 1. The Morgan fingerprint density at radius 2 is 2.17 bits per heavy atom. The molecule has 2 atom stereocenters. The Morgan fingerprint density at radius 3 is 2.50 bits per heavy atom. The molecule has 0 amide bonds. The molecule has 3 nitrogen and oxygen atoms in total. The van der Waals surface area contributed by atoms with Gasteiger partial charge in [0.05, 0.1) is 6.10 Å². The molecule has 0 aliphatic heterocycles. The number of rotatable bonds is 6. The summed E-state index contributed by atoms with van der Waals surface area (Å²) in [4.78, 5) is 11.0. The van der Waals surface area contributed by atoms with Gasteiger partial charge in [-0.3, -0.25) is 4.79 Å². The van der Waals surface area contributed by atoms with E-state index in [2.05, 4.69) is 0 Å². The monoisotopic (exact) mass is 174 g/mol. The molecule has 0 rings (SSSR count). The van der Waals surface area contributed by atoms with Gasteiger partial charge in [0.25, 0.3) is 0 Å². The third kappa shape index (κ3) is 4.46. The lowest BCUT2D eigenvalue weighted by Gasteiger charge is -2.16. The molecular formula is C9H18O3. The number of methoxy groups -OCH3 is 1. The minimum Gasteiger partial charge on any atom is -0.396 e. The Balaban J connectivity index is 3.86. The number of carbonyl (C=O) groups excluding carboxylic acids is 1.